The zero-order valence-electron chi connectivity index (χ0n) is 11.5. The molecule has 0 fully saturated rings. The van der Waals surface area contributed by atoms with Crippen LogP contribution >= 0.6 is 0 Å². The van der Waals surface area contributed by atoms with Gasteiger partial charge in [-0.15, -0.1) is 0 Å². The van der Waals surface area contributed by atoms with Gasteiger partial charge in [-0.2, -0.15) is 5.26 Å². The summed E-state index contributed by atoms with van der Waals surface area (Å²) in [6.07, 6.45) is 0.206. The zero-order chi connectivity index (χ0) is 14.5. The molecule has 0 rings (SSSR count). The minimum absolute atomic E-state index is 0.206. The van der Waals surface area contributed by atoms with E-state index in [0.29, 0.717) is 0 Å². The Hall–Kier alpha value is -1.77. The quantitative estimate of drug-likeness (QED) is 0.794. The first-order valence-electron chi connectivity index (χ1n) is 5.74. The fraction of sp³-hybridized carbons (Fsp3) is 0.750. The average Bonchev–Trinajstić information content (AvgIpc) is 2.22. The molecule has 2 unspecified atom stereocenters. The molecule has 0 saturated heterocycles. The molecule has 0 aliphatic heterocycles. The number of carbonyl (C=O) groups excluding carboxylic acids is 1. The van der Waals surface area contributed by atoms with Crippen molar-refractivity contribution in [2.45, 2.75) is 46.2 Å². The highest BCUT2D eigenvalue weighted by Crippen LogP contribution is 2.19. The van der Waals surface area contributed by atoms with Crippen molar-refractivity contribution in [3.05, 3.63) is 0 Å². The first-order valence-corrected chi connectivity index (χ1v) is 5.74. The molecule has 0 aliphatic rings. The van der Waals surface area contributed by atoms with E-state index in [9.17, 15) is 9.59 Å². The molecule has 0 spiro atoms. The van der Waals surface area contributed by atoms with E-state index in [1.165, 1.54) is 4.90 Å². The molecule has 18 heavy (non-hydrogen) atoms. The van der Waals surface area contributed by atoms with Gasteiger partial charge in [0.05, 0.1) is 12.5 Å². The molecule has 6 nitrogen and oxygen atoms in total. The summed E-state index contributed by atoms with van der Waals surface area (Å²) in [6.45, 7) is 6.95. The monoisotopic (exact) mass is 255 g/mol. The molecule has 0 aromatic heterocycles. The van der Waals surface area contributed by atoms with Gasteiger partial charge in [-0.3, -0.25) is 0 Å². The summed E-state index contributed by atoms with van der Waals surface area (Å²) >= 11 is 0. The van der Waals surface area contributed by atoms with Crippen LogP contribution in [0.1, 0.15) is 34.1 Å². The fourth-order valence-electron chi connectivity index (χ4n) is 1.34. The second-order valence-corrected chi connectivity index (χ2v) is 5.41. The normalized spacial score (nSPS) is 14.2. The highest BCUT2D eigenvalue weighted by atomic mass is 16.4. The average molecular weight is 255 g/mol. The molecule has 102 valence electrons. The summed E-state index contributed by atoms with van der Waals surface area (Å²) in [4.78, 5) is 24.3. The molecule has 0 radical (unpaired) electrons. The Morgan fingerprint density at radius 2 is 1.94 bits per heavy atom. The van der Waals surface area contributed by atoms with Crippen LogP contribution in [-0.4, -0.2) is 41.1 Å². The number of nitriles is 1. The van der Waals surface area contributed by atoms with Gasteiger partial charge < -0.3 is 15.3 Å². The third-order valence-corrected chi connectivity index (χ3v) is 2.75. The standard InChI is InChI=1S/C12H21N3O3/c1-8(6-7-13)15(5)11(18)14-9(10(16)17)12(2,3)4/h8-9H,6H2,1-5H3,(H,14,18)(H,16,17). The lowest BCUT2D eigenvalue weighted by molar-refractivity contribution is -0.142. The number of nitrogens with one attached hydrogen (secondary N) is 1. The summed E-state index contributed by atoms with van der Waals surface area (Å²) in [6, 6.07) is 0.255. The Bertz CT molecular complexity index is 355. The van der Waals surface area contributed by atoms with Crippen LogP contribution in [0.2, 0.25) is 0 Å². The smallest absolute Gasteiger partial charge is 0.326 e. The maximum atomic E-state index is 11.9. The highest BCUT2D eigenvalue weighted by Gasteiger charge is 2.33. The Labute approximate surface area is 108 Å². The minimum atomic E-state index is -1.07. The molecular weight excluding hydrogens is 234 g/mol. The topological polar surface area (TPSA) is 93.4 Å². The maximum absolute atomic E-state index is 11.9. The number of aliphatic carboxylic acids is 1. The largest absolute Gasteiger partial charge is 0.480 e. The molecule has 2 amide bonds. The number of amides is 2. The summed E-state index contributed by atoms with van der Waals surface area (Å²) in [7, 11) is 1.54. The van der Waals surface area contributed by atoms with Crippen LogP contribution in [0.15, 0.2) is 0 Å². The molecule has 2 N–H and O–H groups in total. The van der Waals surface area contributed by atoms with Gasteiger partial charge in [0.15, 0.2) is 0 Å². The van der Waals surface area contributed by atoms with E-state index in [1.54, 1.807) is 34.7 Å². The van der Waals surface area contributed by atoms with Crippen LogP contribution < -0.4 is 5.32 Å². The van der Waals surface area contributed by atoms with Crippen molar-refractivity contribution in [1.82, 2.24) is 10.2 Å². The van der Waals surface area contributed by atoms with Crippen LogP contribution in [0.25, 0.3) is 0 Å². The van der Waals surface area contributed by atoms with E-state index in [-0.39, 0.29) is 12.5 Å². The highest BCUT2D eigenvalue weighted by molar-refractivity contribution is 5.83. The first kappa shape index (κ1) is 16.2. The van der Waals surface area contributed by atoms with Crippen LogP contribution in [0.4, 0.5) is 4.79 Å². The lowest BCUT2D eigenvalue weighted by Crippen LogP contribution is -2.53. The SMILES string of the molecule is CC(CC#N)N(C)C(=O)NC(C(=O)O)C(C)(C)C. The van der Waals surface area contributed by atoms with Crippen LogP contribution in [0.5, 0.6) is 0 Å². The summed E-state index contributed by atoms with van der Waals surface area (Å²) in [5.74, 6) is -1.07. The molecule has 0 aromatic carbocycles. The van der Waals surface area contributed by atoms with Crippen molar-refractivity contribution in [3.63, 3.8) is 0 Å². The van der Waals surface area contributed by atoms with E-state index in [0.717, 1.165) is 0 Å². The third kappa shape index (κ3) is 4.62. The van der Waals surface area contributed by atoms with Crippen LogP contribution in [-0.2, 0) is 4.79 Å². The first-order chi connectivity index (χ1) is 8.11. The van der Waals surface area contributed by atoms with Gasteiger partial charge in [-0.1, -0.05) is 20.8 Å². The van der Waals surface area contributed by atoms with Gasteiger partial charge in [0.25, 0.3) is 0 Å². The maximum Gasteiger partial charge on any atom is 0.326 e. The number of carbonyl (C=O) groups is 2. The van der Waals surface area contributed by atoms with E-state index in [4.69, 9.17) is 10.4 Å². The van der Waals surface area contributed by atoms with Gasteiger partial charge in [-0.25, -0.2) is 9.59 Å². The molecule has 0 aromatic rings. The molecule has 0 saturated carbocycles. The third-order valence-electron chi connectivity index (χ3n) is 2.75. The van der Waals surface area contributed by atoms with E-state index in [1.807, 2.05) is 6.07 Å². The van der Waals surface area contributed by atoms with Crippen molar-refractivity contribution in [2.24, 2.45) is 5.41 Å². The lowest BCUT2D eigenvalue weighted by Gasteiger charge is -2.31. The van der Waals surface area contributed by atoms with Gasteiger partial charge in [0.1, 0.15) is 6.04 Å². The van der Waals surface area contributed by atoms with Gasteiger partial charge in [0, 0.05) is 13.1 Å². The Kier molecular flexibility index (Phi) is 5.63. The van der Waals surface area contributed by atoms with Gasteiger partial charge >= 0.3 is 12.0 Å². The molecule has 6 heteroatoms. The number of rotatable bonds is 4. The van der Waals surface area contributed by atoms with E-state index < -0.39 is 23.5 Å². The lowest BCUT2D eigenvalue weighted by atomic mass is 9.87. The van der Waals surface area contributed by atoms with Crippen LogP contribution in [0, 0.1) is 16.7 Å². The number of hydrogen-bond donors (Lipinski definition) is 2. The predicted molar refractivity (Wildman–Crippen MR) is 66.9 cm³/mol. The second kappa shape index (κ2) is 6.24. The Morgan fingerprint density at radius 3 is 2.28 bits per heavy atom. The summed E-state index contributed by atoms with van der Waals surface area (Å²) in [5, 5.41) is 20.1. The number of carboxylic acid groups (broad SMARTS) is 1. The molecule has 0 heterocycles. The summed E-state index contributed by atoms with van der Waals surface area (Å²) in [5.41, 5.74) is -0.583. The van der Waals surface area contributed by atoms with Gasteiger partial charge in [-0.05, 0) is 12.3 Å². The van der Waals surface area contributed by atoms with Crippen molar-refractivity contribution >= 4 is 12.0 Å². The number of carboxylic acids is 1. The van der Waals surface area contributed by atoms with E-state index >= 15 is 0 Å². The Balaban J connectivity index is 4.72. The van der Waals surface area contributed by atoms with Crippen molar-refractivity contribution in [1.29, 1.82) is 5.26 Å². The minimum Gasteiger partial charge on any atom is -0.480 e. The molecule has 2 atom stereocenters. The van der Waals surface area contributed by atoms with Crippen molar-refractivity contribution in [2.75, 3.05) is 7.05 Å². The van der Waals surface area contributed by atoms with E-state index in [2.05, 4.69) is 5.32 Å². The molecule has 0 bridgehead atoms. The Morgan fingerprint density at radius 1 is 1.44 bits per heavy atom. The van der Waals surface area contributed by atoms with Crippen LogP contribution in [0.3, 0.4) is 0 Å². The zero-order valence-corrected chi connectivity index (χ0v) is 11.5. The summed E-state index contributed by atoms with van der Waals surface area (Å²) < 4.78 is 0. The number of urea groups is 1. The number of nitrogens with zero attached hydrogens (tertiary/aromatic N) is 2. The van der Waals surface area contributed by atoms with Gasteiger partial charge in [0.2, 0.25) is 0 Å². The fourth-order valence-corrected chi connectivity index (χ4v) is 1.34. The molecular formula is C12H21N3O3. The van der Waals surface area contributed by atoms with Crippen molar-refractivity contribution < 1.29 is 14.7 Å². The second-order valence-electron chi connectivity index (χ2n) is 5.41. The number of hydrogen-bond acceptors (Lipinski definition) is 3. The van der Waals surface area contributed by atoms with Crippen molar-refractivity contribution in [3.8, 4) is 6.07 Å². The molecule has 0 aliphatic carbocycles. The predicted octanol–water partition coefficient (Wildman–Crippen LogP) is 1.43.